The van der Waals surface area contributed by atoms with Crippen LogP contribution in [0.5, 0.6) is 5.75 Å². The number of carbonyl (C=O) groups excluding carboxylic acids is 1. The lowest BCUT2D eigenvalue weighted by Gasteiger charge is -2.27. The predicted molar refractivity (Wildman–Crippen MR) is 98.1 cm³/mol. The minimum absolute atomic E-state index is 0.314. The Labute approximate surface area is 147 Å². The van der Waals surface area contributed by atoms with Gasteiger partial charge in [-0.1, -0.05) is 24.3 Å². The number of esters is 1. The SMILES string of the molecule is C/C=C/c1ccc2c(c1)OCC[C@H]2CNc1cnccc1C(=O)OC. The Morgan fingerprint density at radius 3 is 3.12 bits per heavy atom. The monoisotopic (exact) mass is 338 g/mol. The van der Waals surface area contributed by atoms with E-state index in [4.69, 9.17) is 9.47 Å². The molecule has 130 valence electrons. The van der Waals surface area contributed by atoms with E-state index in [1.807, 2.05) is 13.0 Å². The number of allylic oxidation sites excluding steroid dienone is 1. The fraction of sp³-hybridized carbons (Fsp3) is 0.300. The van der Waals surface area contributed by atoms with Crippen LogP contribution in [0.2, 0.25) is 0 Å². The number of ether oxygens (including phenoxy) is 2. The summed E-state index contributed by atoms with van der Waals surface area (Å²) in [4.78, 5) is 16.0. The van der Waals surface area contributed by atoms with Gasteiger partial charge in [-0.25, -0.2) is 4.79 Å². The number of nitrogens with zero attached hydrogens (tertiary/aromatic N) is 1. The van der Waals surface area contributed by atoms with Crippen molar-refractivity contribution in [1.82, 2.24) is 4.98 Å². The number of fused-ring (bicyclic) bond motifs is 1. The smallest absolute Gasteiger partial charge is 0.340 e. The molecular formula is C20H22N2O3. The highest BCUT2D eigenvalue weighted by molar-refractivity contribution is 5.95. The van der Waals surface area contributed by atoms with Crippen LogP contribution in [0.1, 0.15) is 40.7 Å². The van der Waals surface area contributed by atoms with E-state index in [9.17, 15) is 4.79 Å². The van der Waals surface area contributed by atoms with Gasteiger partial charge < -0.3 is 14.8 Å². The first kappa shape index (κ1) is 17.0. The Bertz CT molecular complexity index is 786. The molecule has 2 aromatic rings. The van der Waals surface area contributed by atoms with Crippen molar-refractivity contribution in [2.45, 2.75) is 19.3 Å². The highest BCUT2D eigenvalue weighted by atomic mass is 16.5. The average Bonchev–Trinajstić information content (AvgIpc) is 2.66. The maximum Gasteiger partial charge on any atom is 0.340 e. The van der Waals surface area contributed by atoms with Gasteiger partial charge in [0.1, 0.15) is 5.75 Å². The van der Waals surface area contributed by atoms with Gasteiger partial charge in [0.05, 0.1) is 31.2 Å². The van der Waals surface area contributed by atoms with Crippen LogP contribution >= 0.6 is 0 Å². The number of methoxy groups -OCH3 is 1. The summed E-state index contributed by atoms with van der Waals surface area (Å²) >= 11 is 0. The molecule has 0 saturated carbocycles. The lowest BCUT2D eigenvalue weighted by Crippen LogP contribution is -2.21. The van der Waals surface area contributed by atoms with Gasteiger partial charge >= 0.3 is 5.97 Å². The van der Waals surface area contributed by atoms with Gasteiger partial charge in [0, 0.05) is 18.7 Å². The van der Waals surface area contributed by atoms with E-state index < -0.39 is 0 Å². The molecule has 1 aromatic carbocycles. The van der Waals surface area contributed by atoms with E-state index in [-0.39, 0.29) is 5.97 Å². The van der Waals surface area contributed by atoms with Gasteiger partial charge in [0.15, 0.2) is 0 Å². The number of hydrogen-bond acceptors (Lipinski definition) is 5. The molecule has 1 N–H and O–H groups in total. The highest BCUT2D eigenvalue weighted by Crippen LogP contribution is 2.35. The zero-order chi connectivity index (χ0) is 17.6. The van der Waals surface area contributed by atoms with Crippen molar-refractivity contribution in [3.8, 4) is 5.75 Å². The molecule has 5 heteroatoms. The first-order valence-electron chi connectivity index (χ1n) is 8.38. The second-order valence-corrected chi connectivity index (χ2v) is 5.93. The van der Waals surface area contributed by atoms with Crippen LogP contribution in [0.3, 0.4) is 0 Å². The largest absolute Gasteiger partial charge is 0.493 e. The standard InChI is InChI=1S/C20H22N2O3/c1-3-4-14-5-6-16-15(8-10-25-19(16)11-14)12-22-18-13-21-9-7-17(18)20(23)24-2/h3-7,9,11,13,15,22H,8,10,12H2,1-2H3/b4-3+/t15-/m0/s1. The molecule has 0 aliphatic carbocycles. The van der Waals surface area contributed by atoms with E-state index in [1.54, 1.807) is 18.5 Å². The summed E-state index contributed by atoms with van der Waals surface area (Å²) in [5.74, 6) is 0.885. The van der Waals surface area contributed by atoms with Crippen LogP contribution in [0, 0.1) is 0 Å². The molecule has 3 rings (SSSR count). The summed E-state index contributed by atoms with van der Waals surface area (Å²) in [5, 5.41) is 3.35. The van der Waals surface area contributed by atoms with E-state index in [2.05, 4.69) is 34.6 Å². The molecule has 0 bridgehead atoms. The Hall–Kier alpha value is -2.82. The number of carbonyl (C=O) groups is 1. The molecular weight excluding hydrogens is 316 g/mol. The molecule has 5 nitrogen and oxygen atoms in total. The lowest BCUT2D eigenvalue weighted by atomic mass is 9.92. The molecule has 1 atom stereocenters. The Morgan fingerprint density at radius 1 is 1.44 bits per heavy atom. The molecule has 0 spiro atoms. The summed E-state index contributed by atoms with van der Waals surface area (Å²) < 4.78 is 10.7. The van der Waals surface area contributed by atoms with Gasteiger partial charge in [-0.05, 0) is 36.6 Å². The van der Waals surface area contributed by atoms with Gasteiger partial charge in [-0.2, -0.15) is 0 Å². The van der Waals surface area contributed by atoms with Gasteiger partial charge in [0.25, 0.3) is 0 Å². The summed E-state index contributed by atoms with van der Waals surface area (Å²) in [7, 11) is 1.38. The molecule has 2 heterocycles. The summed E-state index contributed by atoms with van der Waals surface area (Å²) in [6.45, 7) is 3.39. The first-order valence-corrected chi connectivity index (χ1v) is 8.38. The molecule has 25 heavy (non-hydrogen) atoms. The van der Waals surface area contributed by atoms with Gasteiger partial charge in [-0.15, -0.1) is 0 Å². The fourth-order valence-electron chi connectivity index (χ4n) is 3.04. The maximum atomic E-state index is 11.9. The summed E-state index contributed by atoms with van der Waals surface area (Å²) in [6.07, 6.45) is 8.24. The van der Waals surface area contributed by atoms with Crippen molar-refractivity contribution in [3.05, 3.63) is 59.4 Å². The molecule has 0 saturated heterocycles. The van der Waals surface area contributed by atoms with Crippen LogP contribution < -0.4 is 10.1 Å². The van der Waals surface area contributed by atoms with E-state index >= 15 is 0 Å². The van der Waals surface area contributed by atoms with Crippen molar-refractivity contribution in [3.63, 3.8) is 0 Å². The van der Waals surface area contributed by atoms with Crippen molar-refractivity contribution < 1.29 is 14.3 Å². The minimum Gasteiger partial charge on any atom is -0.493 e. The van der Waals surface area contributed by atoms with Crippen molar-refractivity contribution in [2.75, 3.05) is 25.6 Å². The topological polar surface area (TPSA) is 60.5 Å². The fourth-order valence-corrected chi connectivity index (χ4v) is 3.04. The summed E-state index contributed by atoms with van der Waals surface area (Å²) in [5.41, 5.74) is 3.51. The third-order valence-corrected chi connectivity index (χ3v) is 4.33. The van der Waals surface area contributed by atoms with E-state index in [0.29, 0.717) is 30.3 Å². The van der Waals surface area contributed by atoms with Crippen LogP contribution in [0.25, 0.3) is 6.08 Å². The third-order valence-electron chi connectivity index (χ3n) is 4.33. The number of rotatable bonds is 5. The van der Waals surface area contributed by atoms with Gasteiger partial charge in [0.2, 0.25) is 0 Å². The van der Waals surface area contributed by atoms with Gasteiger partial charge in [-0.3, -0.25) is 4.98 Å². The molecule has 1 aromatic heterocycles. The molecule has 0 radical (unpaired) electrons. The molecule has 1 aliphatic heterocycles. The molecule has 1 aliphatic rings. The minimum atomic E-state index is -0.367. The highest BCUT2D eigenvalue weighted by Gasteiger charge is 2.22. The predicted octanol–water partition coefficient (Wildman–Crippen LogP) is 3.88. The molecule has 0 unspecified atom stereocenters. The van der Waals surface area contributed by atoms with Crippen molar-refractivity contribution >= 4 is 17.7 Å². The lowest BCUT2D eigenvalue weighted by molar-refractivity contribution is 0.0601. The number of nitrogens with one attached hydrogen (secondary N) is 1. The van der Waals surface area contributed by atoms with Crippen molar-refractivity contribution in [1.29, 1.82) is 0 Å². The van der Waals surface area contributed by atoms with Crippen LogP contribution in [0.15, 0.2) is 42.7 Å². The zero-order valence-electron chi connectivity index (χ0n) is 14.5. The second-order valence-electron chi connectivity index (χ2n) is 5.93. The normalized spacial score (nSPS) is 16.2. The summed E-state index contributed by atoms with van der Waals surface area (Å²) in [6, 6.07) is 7.96. The van der Waals surface area contributed by atoms with E-state index in [0.717, 1.165) is 17.7 Å². The third kappa shape index (κ3) is 3.82. The van der Waals surface area contributed by atoms with Crippen molar-refractivity contribution in [2.24, 2.45) is 0 Å². The number of benzene rings is 1. The second kappa shape index (κ2) is 7.83. The van der Waals surface area contributed by atoms with E-state index in [1.165, 1.54) is 12.7 Å². The number of hydrogen-bond donors (Lipinski definition) is 1. The Morgan fingerprint density at radius 2 is 2.32 bits per heavy atom. The molecule has 0 fully saturated rings. The first-order chi connectivity index (χ1) is 12.2. The molecule has 0 amide bonds. The Kier molecular flexibility index (Phi) is 5.33. The maximum absolute atomic E-state index is 11.9. The quantitative estimate of drug-likeness (QED) is 0.838. The van der Waals surface area contributed by atoms with Crippen LogP contribution in [-0.4, -0.2) is 31.2 Å². The number of aromatic nitrogens is 1. The number of pyridine rings is 1. The zero-order valence-corrected chi connectivity index (χ0v) is 14.5. The van der Waals surface area contributed by atoms with Crippen LogP contribution in [0.4, 0.5) is 5.69 Å². The average molecular weight is 338 g/mol. The Balaban J connectivity index is 1.77. The van der Waals surface area contributed by atoms with Crippen LogP contribution in [-0.2, 0) is 4.74 Å². The number of anilines is 1.